The van der Waals surface area contributed by atoms with Gasteiger partial charge < -0.3 is 14.8 Å². The first-order valence-electron chi connectivity index (χ1n) is 8.23. The van der Waals surface area contributed by atoms with Gasteiger partial charge in [0, 0.05) is 5.69 Å². The fourth-order valence-corrected chi connectivity index (χ4v) is 2.40. The van der Waals surface area contributed by atoms with E-state index in [4.69, 9.17) is 9.47 Å². The van der Waals surface area contributed by atoms with Crippen LogP contribution in [0.4, 0.5) is 5.69 Å². The number of methoxy groups -OCH3 is 1. The van der Waals surface area contributed by atoms with Gasteiger partial charge in [0.05, 0.1) is 7.11 Å². The van der Waals surface area contributed by atoms with Crippen molar-refractivity contribution in [3.63, 3.8) is 0 Å². The Hall–Kier alpha value is -3.59. The lowest BCUT2D eigenvalue weighted by Crippen LogP contribution is -2.22. The van der Waals surface area contributed by atoms with E-state index in [1.54, 1.807) is 37.4 Å². The highest BCUT2D eigenvalue weighted by Crippen LogP contribution is 2.19. The first kappa shape index (κ1) is 19.7. The Labute approximate surface area is 158 Å². The SMILES string of the molecule is COc1ccc(/C=C(\C#N)C(=O)OCC(=O)Nc2c(C)cccc2C)cc1. The number of esters is 1. The topological polar surface area (TPSA) is 88.4 Å². The molecule has 0 atom stereocenters. The van der Waals surface area contributed by atoms with E-state index < -0.39 is 18.5 Å². The fraction of sp³-hybridized carbons (Fsp3) is 0.190. The number of ether oxygens (including phenoxy) is 2. The number of rotatable bonds is 6. The summed E-state index contributed by atoms with van der Waals surface area (Å²) in [7, 11) is 1.55. The molecule has 1 N–H and O–H groups in total. The number of aryl methyl sites for hydroxylation is 2. The molecular formula is C21H20N2O4. The molecule has 0 bridgehead atoms. The van der Waals surface area contributed by atoms with Gasteiger partial charge in [-0.2, -0.15) is 5.26 Å². The molecule has 0 unspecified atom stereocenters. The number of carbonyl (C=O) groups is 2. The maximum atomic E-state index is 12.1. The van der Waals surface area contributed by atoms with Crippen LogP contribution in [0.15, 0.2) is 48.0 Å². The second kappa shape index (κ2) is 9.20. The highest BCUT2D eigenvalue weighted by Gasteiger charge is 2.14. The minimum atomic E-state index is -0.857. The summed E-state index contributed by atoms with van der Waals surface area (Å²) in [5.74, 6) is -0.663. The zero-order valence-corrected chi connectivity index (χ0v) is 15.4. The standard InChI is InChI=1S/C21H20N2O4/c1-14-5-4-6-15(2)20(14)23-19(24)13-27-21(25)17(12-22)11-16-7-9-18(26-3)10-8-16/h4-11H,13H2,1-3H3,(H,23,24)/b17-11+. The van der Waals surface area contributed by atoms with E-state index in [0.29, 0.717) is 17.0 Å². The number of amides is 1. The summed E-state index contributed by atoms with van der Waals surface area (Å²) in [6, 6.07) is 14.3. The molecule has 2 rings (SSSR count). The Kier molecular flexibility index (Phi) is 6.73. The predicted octanol–water partition coefficient (Wildman–Crippen LogP) is 3.40. The van der Waals surface area contributed by atoms with Crippen LogP contribution in [0.25, 0.3) is 6.08 Å². The molecule has 27 heavy (non-hydrogen) atoms. The maximum absolute atomic E-state index is 12.1. The molecule has 2 aromatic rings. The van der Waals surface area contributed by atoms with E-state index in [9.17, 15) is 14.9 Å². The van der Waals surface area contributed by atoms with Crippen molar-refractivity contribution in [1.82, 2.24) is 0 Å². The largest absolute Gasteiger partial charge is 0.497 e. The summed E-state index contributed by atoms with van der Waals surface area (Å²) in [6.07, 6.45) is 1.39. The smallest absolute Gasteiger partial charge is 0.349 e. The highest BCUT2D eigenvalue weighted by atomic mass is 16.5. The summed E-state index contributed by atoms with van der Waals surface area (Å²) < 4.78 is 10.0. The normalized spacial score (nSPS) is 10.7. The van der Waals surface area contributed by atoms with Crippen LogP contribution >= 0.6 is 0 Å². The number of nitrogens with one attached hydrogen (secondary N) is 1. The number of nitrogens with zero attached hydrogens (tertiary/aromatic N) is 1. The van der Waals surface area contributed by atoms with Gasteiger partial charge >= 0.3 is 5.97 Å². The number of para-hydroxylation sites is 1. The molecule has 0 aliphatic rings. The first-order valence-corrected chi connectivity index (χ1v) is 8.23. The van der Waals surface area contributed by atoms with Crippen molar-refractivity contribution >= 4 is 23.6 Å². The van der Waals surface area contributed by atoms with Gasteiger partial charge in [0.15, 0.2) is 6.61 Å². The number of anilines is 1. The molecule has 0 spiro atoms. The van der Waals surface area contributed by atoms with Crippen LogP contribution in [0.1, 0.15) is 16.7 Å². The second-order valence-corrected chi connectivity index (χ2v) is 5.83. The van der Waals surface area contributed by atoms with Crippen molar-refractivity contribution in [1.29, 1.82) is 5.26 Å². The van der Waals surface area contributed by atoms with Crippen LogP contribution in [0, 0.1) is 25.2 Å². The van der Waals surface area contributed by atoms with Gasteiger partial charge in [-0.3, -0.25) is 4.79 Å². The lowest BCUT2D eigenvalue weighted by Gasteiger charge is -2.11. The zero-order valence-electron chi connectivity index (χ0n) is 15.4. The van der Waals surface area contributed by atoms with Gasteiger partial charge in [0.1, 0.15) is 17.4 Å². The van der Waals surface area contributed by atoms with E-state index in [1.807, 2.05) is 32.0 Å². The molecule has 0 aliphatic carbocycles. The van der Waals surface area contributed by atoms with Crippen LogP contribution < -0.4 is 10.1 Å². The summed E-state index contributed by atoms with van der Waals surface area (Å²) in [6.45, 7) is 3.27. The van der Waals surface area contributed by atoms with Crippen LogP contribution in [0.2, 0.25) is 0 Å². The number of hydrogen-bond donors (Lipinski definition) is 1. The summed E-state index contributed by atoms with van der Waals surface area (Å²) in [4.78, 5) is 24.1. The number of nitriles is 1. The molecule has 6 heteroatoms. The van der Waals surface area contributed by atoms with E-state index in [-0.39, 0.29) is 5.57 Å². The lowest BCUT2D eigenvalue weighted by atomic mass is 10.1. The summed E-state index contributed by atoms with van der Waals surface area (Å²) in [5, 5.41) is 11.9. The van der Waals surface area contributed by atoms with Crippen LogP contribution in [-0.2, 0) is 14.3 Å². The van der Waals surface area contributed by atoms with Gasteiger partial charge in [-0.05, 0) is 48.7 Å². The molecule has 6 nitrogen and oxygen atoms in total. The Balaban J connectivity index is 1.99. The molecule has 0 fully saturated rings. The molecule has 0 saturated carbocycles. The van der Waals surface area contributed by atoms with Crippen molar-refractivity contribution in [3.8, 4) is 11.8 Å². The van der Waals surface area contributed by atoms with E-state index in [0.717, 1.165) is 11.1 Å². The quantitative estimate of drug-likeness (QED) is 0.482. The Morgan fingerprint density at radius 2 is 1.74 bits per heavy atom. The third kappa shape index (κ3) is 5.44. The number of hydrogen-bond acceptors (Lipinski definition) is 5. The second-order valence-electron chi connectivity index (χ2n) is 5.83. The van der Waals surface area contributed by atoms with E-state index in [1.165, 1.54) is 6.08 Å². The summed E-state index contributed by atoms with van der Waals surface area (Å²) >= 11 is 0. The Morgan fingerprint density at radius 1 is 1.11 bits per heavy atom. The Morgan fingerprint density at radius 3 is 2.30 bits per heavy atom. The molecule has 0 saturated heterocycles. The van der Waals surface area contributed by atoms with Gasteiger partial charge in [-0.15, -0.1) is 0 Å². The third-order valence-corrected chi connectivity index (χ3v) is 3.85. The minimum absolute atomic E-state index is 0.194. The maximum Gasteiger partial charge on any atom is 0.349 e. The lowest BCUT2D eigenvalue weighted by molar-refractivity contribution is -0.142. The van der Waals surface area contributed by atoms with Crippen LogP contribution in [0.3, 0.4) is 0 Å². The molecular weight excluding hydrogens is 344 g/mol. The van der Waals surface area contributed by atoms with Crippen LogP contribution in [0.5, 0.6) is 5.75 Å². The van der Waals surface area contributed by atoms with Crippen molar-refractivity contribution in [2.75, 3.05) is 19.0 Å². The molecule has 0 aliphatic heterocycles. The molecule has 1 amide bonds. The monoisotopic (exact) mass is 364 g/mol. The van der Waals surface area contributed by atoms with Crippen molar-refractivity contribution in [2.24, 2.45) is 0 Å². The third-order valence-electron chi connectivity index (χ3n) is 3.85. The molecule has 138 valence electrons. The van der Waals surface area contributed by atoms with Gasteiger partial charge in [0.2, 0.25) is 0 Å². The van der Waals surface area contributed by atoms with Crippen molar-refractivity contribution in [3.05, 3.63) is 64.7 Å². The first-order chi connectivity index (χ1) is 12.9. The number of carbonyl (C=O) groups excluding carboxylic acids is 2. The van der Waals surface area contributed by atoms with Crippen LogP contribution in [-0.4, -0.2) is 25.6 Å². The predicted molar refractivity (Wildman–Crippen MR) is 102 cm³/mol. The summed E-state index contributed by atoms with van der Waals surface area (Å²) in [5.41, 5.74) is 2.95. The molecule has 0 heterocycles. The average molecular weight is 364 g/mol. The number of benzene rings is 2. The van der Waals surface area contributed by atoms with Gasteiger partial charge in [-0.1, -0.05) is 30.3 Å². The average Bonchev–Trinajstić information content (AvgIpc) is 2.67. The zero-order chi connectivity index (χ0) is 19.8. The van der Waals surface area contributed by atoms with Crippen molar-refractivity contribution < 1.29 is 19.1 Å². The minimum Gasteiger partial charge on any atom is -0.497 e. The molecule has 2 aromatic carbocycles. The molecule has 0 aromatic heterocycles. The van der Waals surface area contributed by atoms with E-state index >= 15 is 0 Å². The van der Waals surface area contributed by atoms with Crippen molar-refractivity contribution in [2.45, 2.75) is 13.8 Å². The highest BCUT2D eigenvalue weighted by molar-refractivity contribution is 6.00. The van der Waals surface area contributed by atoms with Gasteiger partial charge in [0.25, 0.3) is 5.91 Å². The molecule has 0 radical (unpaired) electrons. The van der Waals surface area contributed by atoms with Gasteiger partial charge in [-0.25, -0.2) is 4.79 Å². The Bertz CT molecular complexity index is 889. The van der Waals surface area contributed by atoms with E-state index in [2.05, 4.69) is 5.32 Å². The fourth-order valence-electron chi connectivity index (χ4n) is 2.40.